The van der Waals surface area contributed by atoms with Gasteiger partial charge >= 0.3 is 0 Å². The van der Waals surface area contributed by atoms with Gasteiger partial charge < -0.3 is 10.0 Å². The van der Waals surface area contributed by atoms with Crippen LogP contribution in [0.4, 0.5) is 28.4 Å². The molecule has 2 N–H and O–H groups in total. The lowest BCUT2D eigenvalue weighted by Gasteiger charge is -2.12. The molecule has 4 nitrogen and oxygen atoms in total. The minimum Gasteiger partial charge on any atom is -0.365 e. The van der Waals surface area contributed by atoms with Crippen LogP contribution in [0.3, 0.4) is 0 Å². The van der Waals surface area contributed by atoms with Crippen molar-refractivity contribution in [2.24, 2.45) is 0 Å². The van der Waals surface area contributed by atoms with Crippen molar-refractivity contribution >= 4 is 34.1 Å². The molecule has 10 heteroatoms. The van der Waals surface area contributed by atoms with Crippen molar-refractivity contribution in [3.05, 3.63) is 78.1 Å². The second kappa shape index (κ2) is 8.94. The molecule has 0 radical (unpaired) electrons. The van der Waals surface area contributed by atoms with Crippen LogP contribution in [0.25, 0.3) is 21.7 Å². The fourth-order valence-electron chi connectivity index (χ4n) is 2.81. The summed E-state index contributed by atoms with van der Waals surface area (Å²) >= 11 is 1.93. The van der Waals surface area contributed by atoms with Crippen LogP contribution in [0.5, 0.6) is 0 Å². The number of aromatic nitrogens is 2. The van der Waals surface area contributed by atoms with Gasteiger partial charge in [-0.2, -0.15) is 0 Å². The van der Waals surface area contributed by atoms with Crippen molar-refractivity contribution in [2.45, 2.75) is 4.90 Å². The van der Waals surface area contributed by atoms with Gasteiger partial charge in [-0.15, -0.1) is 0 Å². The summed E-state index contributed by atoms with van der Waals surface area (Å²) in [5, 5.41) is 3.37. The van der Waals surface area contributed by atoms with Crippen LogP contribution in [0.15, 0.2) is 59.8 Å². The molecule has 0 aliphatic carbocycles. The average Bonchev–Trinajstić information content (AvgIpc) is 3.20. The van der Waals surface area contributed by atoms with Crippen LogP contribution >= 0.6 is 23.3 Å². The number of nitrogens with one attached hydrogen (secondary N) is 2. The normalized spacial score (nSPS) is 10.9. The second-order valence-corrected chi connectivity index (χ2v) is 8.09. The zero-order chi connectivity index (χ0) is 22.0. The predicted octanol–water partition coefficient (Wildman–Crippen LogP) is 6.59. The molecule has 4 rings (SSSR count). The largest absolute Gasteiger partial charge is 0.365 e. The molecule has 0 spiro atoms. The highest BCUT2D eigenvalue weighted by Gasteiger charge is 2.23. The van der Waals surface area contributed by atoms with E-state index in [1.54, 1.807) is 31.6 Å². The van der Waals surface area contributed by atoms with E-state index in [1.807, 2.05) is 0 Å². The number of benzene rings is 2. The molecule has 0 unspecified atom stereocenters. The number of halogens is 4. The first-order valence-electron chi connectivity index (χ1n) is 8.93. The summed E-state index contributed by atoms with van der Waals surface area (Å²) < 4.78 is 60.0. The molecule has 0 aliphatic heterocycles. The van der Waals surface area contributed by atoms with E-state index >= 15 is 4.39 Å². The van der Waals surface area contributed by atoms with E-state index in [9.17, 15) is 13.2 Å². The first-order chi connectivity index (χ1) is 15.0. The van der Waals surface area contributed by atoms with Crippen LogP contribution < -0.4 is 10.0 Å². The summed E-state index contributed by atoms with van der Waals surface area (Å²) in [7, 11) is 1.66. The third-order valence-corrected chi connectivity index (χ3v) is 6.25. The zero-order valence-electron chi connectivity index (χ0n) is 15.9. The molecule has 31 heavy (non-hydrogen) atoms. The Labute approximate surface area is 183 Å². The molecule has 0 aliphatic rings. The van der Waals surface area contributed by atoms with Gasteiger partial charge in [0, 0.05) is 19.4 Å². The number of pyridine rings is 1. The van der Waals surface area contributed by atoms with E-state index in [4.69, 9.17) is 0 Å². The highest BCUT2D eigenvalue weighted by atomic mass is 32.2. The topological polar surface area (TPSA) is 49.8 Å². The van der Waals surface area contributed by atoms with Crippen LogP contribution in [-0.4, -0.2) is 17.0 Å². The van der Waals surface area contributed by atoms with Gasteiger partial charge in [-0.3, -0.25) is 4.98 Å². The molecule has 0 saturated carbocycles. The third kappa shape index (κ3) is 4.35. The van der Waals surface area contributed by atoms with Gasteiger partial charge in [0.2, 0.25) is 0 Å². The lowest BCUT2D eigenvalue weighted by molar-refractivity contribution is 0.577. The SMILES string of the molecule is CNc1nc(-c2c(F)ccc(NSc3cc(F)ccc3F)c2F)c(-c2ccncc2)s1. The van der Waals surface area contributed by atoms with Gasteiger partial charge in [-0.25, -0.2) is 22.5 Å². The van der Waals surface area contributed by atoms with Crippen molar-refractivity contribution in [2.75, 3.05) is 17.1 Å². The van der Waals surface area contributed by atoms with Crippen molar-refractivity contribution in [3.63, 3.8) is 0 Å². The Morgan fingerprint density at radius 3 is 2.42 bits per heavy atom. The Hall–Kier alpha value is -3.11. The van der Waals surface area contributed by atoms with Gasteiger partial charge in [0.1, 0.15) is 17.5 Å². The van der Waals surface area contributed by atoms with E-state index in [2.05, 4.69) is 20.0 Å². The Balaban J connectivity index is 1.75. The van der Waals surface area contributed by atoms with Crippen LogP contribution in [0.2, 0.25) is 0 Å². The van der Waals surface area contributed by atoms with E-state index in [1.165, 1.54) is 17.4 Å². The minimum absolute atomic E-state index is 0.0612. The molecule has 4 aromatic rings. The van der Waals surface area contributed by atoms with Gasteiger partial charge in [-0.05, 0) is 60.0 Å². The summed E-state index contributed by atoms with van der Waals surface area (Å²) in [5.41, 5.74) is 0.415. The Morgan fingerprint density at radius 2 is 1.68 bits per heavy atom. The molecule has 158 valence electrons. The van der Waals surface area contributed by atoms with Crippen LogP contribution in [0, 0.1) is 23.3 Å². The monoisotopic (exact) mass is 462 g/mol. The summed E-state index contributed by atoms with van der Waals surface area (Å²) in [4.78, 5) is 8.81. The van der Waals surface area contributed by atoms with Gasteiger partial charge in [0.25, 0.3) is 0 Å². The smallest absolute Gasteiger partial charge is 0.183 e. The summed E-state index contributed by atoms with van der Waals surface area (Å²) in [6.07, 6.45) is 3.15. The number of rotatable bonds is 6. The van der Waals surface area contributed by atoms with Gasteiger partial charge in [0.05, 0.1) is 26.7 Å². The molecule has 0 bridgehead atoms. The van der Waals surface area contributed by atoms with E-state index in [0.29, 0.717) is 27.5 Å². The molecule has 0 fully saturated rings. The predicted molar refractivity (Wildman–Crippen MR) is 116 cm³/mol. The second-order valence-electron chi connectivity index (χ2n) is 6.25. The molecule has 2 heterocycles. The molecular weight excluding hydrogens is 448 g/mol. The Kier molecular flexibility index (Phi) is 6.10. The quantitative estimate of drug-likeness (QED) is 0.250. The standard InChI is InChI=1S/C21H14F4N4S2/c1-26-21-28-19(20(30-21)11-6-8-27-9-7-11)17-14(24)4-5-15(18(17)25)29-31-16-10-12(22)2-3-13(16)23/h2-10,29H,1H3,(H,26,28). The molecular formula is C21H14F4N4S2. The number of thiazole rings is 1. The molecule has 2 aromatic carbocycles. The lowest BCUT2D eigenvalue weighted by Crippen LogP contribution is -1.99. The van der Waals surface area contributed by atoms with E-state index in [-0.39, 0.29) is 21.8 Å². The minimum atomic E-state index is -0.896. The molecule has 0 amide bonds. The molecule has 0 atom stereocenters. The number of hydrogen-bond acceptors (Lipinski definition) is 6. The summed E-state index contributed by atoms with van der Waals surface area (Å²) in [6.45, 7) is 0. The number of hydrogen-bond donors (Lipinski definition) is 2. The van der Waals surface area contributed by atoms with E-state index < -0.39 is 23.3 Å². The average molecular weight is 462 g/mol. The summed E-state index contributed by atoms with van der Waals surface area (Å²) in [6, 6.07) is 8.66. The zero-order valence-corrected chi connectivity index (χ0v) is 17.6. The molecule has 2 aromatic heterocycles. The number of nitrogens with zero attached hydrogens (tertiary/aromatic N) is 2. The first-order valence-corrected chi connectivity index (χ1v) is 10.6. The van der Waals surface area contributed by atoms with Crippen molar-refractivity contribution in [1.82, 2.24) is 9.97 Å². The fourth-order valence-corrected chi connectivity index (χ4v) is 4.45. The fraction of sp³-hybridized carbons (Fsp3) is 0.0476. The highest BCUT2D eigenvalue weighted by molar-refractivity contribution is 8.00. The van der Waals surface area contributed by atoms with Crippen molar-refractivity contribution in [3.8, 4) is 21.7 Å². The van der Waals surface area contributed by atoms with Crippen LogP contribution in [-0.2, 0) is 0 Å². The maximum absolute atomic E-state index is 15.4. The summed E-state index contributed by atoms with van der Waals surface area (Å²) in [5.74, 6) is -2.99. The van der Waals surface area contributed by atoms with Gasteiger partial charge in [0.15, 0.2) is 10.9 Å². The number of anilines is 2. The third-order valence-electron chi connectivity index (χ3n) is 4.28. The van der Waals surface area contributed by atoms with Gasteiger partial charge in [-0.1, -0.05) is 11.3 Å². The van der Waals surface area contributed by atoms with Crippen molar-refractivity contribution < 1.29 is 17.6 Å². The lowest BCUT2D eigenvalue weighted by atomic mass is 10.1. The van der Waals surface area contributed by atoms with E-state index in [0.717, 1.165) is 24.3 Å². The van der Waals surface area contributed by atoms with Crippen molar-refractivity contribution in [1.29, 1.82) is 0 Å². The Bertz CT molecular complexity index is 1230. The highest BCUT2D eigenvalue weighted by Crippen LogP contribution is 2.42. The van der Waals surface area contributed by atoms with Crippen LogP contribution in [0.1, 0.15) is 0 Å². The maximum atomic E-state index is 15.4. The molecule has 0 saturated heterocycles. The maximum Gasteiger partial charge on any atom is 0.183 e. The first kappa shape index (κ1) is 21.1. The Morgan fingerprint density at radius 1 is 0.935 bits per heavy atom.